The molecule has 4 rings (SSSR count). The summed E-state index contributed by atoms with van der Waals surface area (Å²) in [6.07, 6.45) is 6.58. The van der Waals surface area contributed by atoms with Crippen molar-refractivity contribution in [2.45, 2.75) is 32.6 Å². The molecule has 1 aliphatic carbocycles. The van der Waals surface area contributed by atoms with Gasteiger partial charge in [-0.25, -0.2) is 0 Å². The topological polar surface area (TPSA) is 29.3 Å². The average Bonchev–Trinajstić information content (AvgIpc) is 2.89. The van der Waals surface area contributed by atoms with Crippen LogP contribution < -0.4 is 5.73 Å². The lowest BCUT2D eigenvalue weighted by Gasteiger charge is -2.28. The van der Waals surface area contributed by atoms with Gasteiger partial charge in [-0.3, -0.25) is 0 Å². The Balaban J connectivity index is 1.95. The molecule has 0 fully saturated rings. The second-order valence-electron chi connectivity index (χ2n) is 7.88. The summed E-state index contributed by atoms with van der Waals surface area (Å²) in [5.74, 6) is 0.765. The van der Waals surface area contributed by atoms with Gasteiger partial charge in [-0.05, 0) is 79.6 Å². The molecule has 0 saturated carbocycles. The Labute approximate surface area is 177 Å². The van der Waals surface area contributed by atoms with Gasteiger partial charge in [0.2, 0.25) is 0 Å². The van der Waals surface area contributed by atoms with E-state index in [0.29, 0.717) is 18.4 Å². The molecule has 1 aromatic heterocycles. The van der Waals surface area contributed by atoms with Gasteiger partial charge < -0.3 is 10.6 Å². The van der Waals surface area contributed by atoms with Crippen molar-refractivity contribution >= 4 is 28.5 Å². The predicted octanol–water partition coefficient (Wildman–Crippen LogP) is 6.25. The molecular weight excluding hydrogens is 384 g/mol. The number of aryl methyl sites for hydroxylation is 1. The minimum Gasteiger partial charge on any atom is -0.351 e. The number of rotatable bonds is 3. The third-order valence-corrected chi connectivity index (χ3v) is 7.69. The summed E-state index contributed by atoms with van der Waals surface area (Å²) in [4.78, 5) is 4.93. The number of hydrogen-bond acceptors (Lipinski definition) is 3. The van der Waals surface area contributed by atoms with Gasteiger partial charge >= 0.3 is 0 Å². The van der Waals surface area contributed by atoms with E-state index < -0.39 is 0 Å². The molecule has 2 heterocycles. The van der Waals surface area contributed by atoms with Crippen LogP contribution in [0.5, 0.6) is 0 Å². The van der Waals surface area contributed by atoms with Gasteiger partial charge in [-0.1, -0.05) is 30.3 Å². The number of allylic oxidation sites excluding steroid dienone is 3. The van der Waals surface area contributed by atoms with Crippen LogP contribution in [0.15, 0.2) is 54.4 Å². The van der Waals surface area contributed by atoms with E-state index in [-0.39, 0.29) is 0 Å². The van der Waals surface area contributed by atoms with Gasteiger partial charge in [0.15, 0.2) is 0 Å². The fraction of sp³-hybridized carbons (Fsp3) is 0.333. The first-order valence-electron chi connectivity index (χ1n) is 9.82. The van der Waals surface area contributed by atoms with Gasteiger partial charge in [-0.2, -0.15) is 0 Å². The molecule has 0 amide bonds. The number of nitrogens with zero attached hydrogens (tertiary/aromatic N) is 1. The van der Waals surface area contributed by atoms with Crippen LogP contribution in [0, 0.1) is 19.8 Å². The van der Waals surface area contributed by atoms with Crippen molar-refractivity contribution in [1.82, 2.24) is 4.90 Å². The number of thiophene rings is 1. The van der Waals surface area contributed by atoms with Crippen molar-refractivity contribution in [3.63, 3.8) is 0 Å². The average molecular weight is 411 g/mol. The molecule has 2 N–H and O–H groups in total. The maximum Gasteiger partial charge on any atom is 0.0406 e. The SMILES string of the molecule is C=C1C=C2C(=CN1C)c1sc(C)c(C)c1C(c1ccc(Cl)cc1)C[C@@H]2CCN. The van der Waals surface area contributed by atoms with Crippen LogP contribution in [0.3, 0.4) is 0 Å². The Morgan fingerprint density at radius 1 is 1.25 bits per heavy atom. The van der Waals surface area contributed by atoms with Crippen LogP contribution in [-0.2, 0) is 0 Å². The fourth-order valence-electron chi connectivity index (χ4n) is 4.50. The van der Waals surface area contributed by atoms with Crippen LogP contribution in [0.2, 0.25) is 5.02 Å². The van der Waals surface area contributed by atoms with Crippen molar-refractivity contribution in [2.75, 3.05) is 13.6 Å². The second kappa shape index (κ2) is 7.55. The highest BCUT2D eigenvalue weighted by Gasteiger charge is 2.35. The lowest BCUT2D eigenvalue weighted by Crippen LogP contribution is -2.19. The monoisotopic (exact) mass is 410 g/mol. The standard InChI is InChI=1S/C24H27ClN2S/c1-14-11-20-18(9-10-26)12-21(17-5-7-19(25)8-6-17)23-15(2)16(3)28-24(23)22(20)13-27(14)4/h5-8,11,13,18,21H,1,9-10,12,26H2,2-4H3/t18-,21?/m0/s1. The zero-order valence-electron chi connectivity index (χ0n) is 16.8. The number of benzene rings is 1. The summed E-state index contributed by atoms with van der Waals surface area (Å²) in [7, 11) is 2.08. The van der Waals surface area contributed by atoms with Crippen LogP contribution >= 0.6 is 22.9 Å². The minimum absolute atomic E-state index is 0.347. The Bertz CT molecular complexity index is 981. The molecule has 28 heavy (non-hydrogen) atoms. The third-order valence-electron chi connectivity index (χ3n) is 6.18. The van der Waals surface area contributed by atoms with Crippen LogP contribution in [0.1, 0.15) is 45.2 Å². The van der Waals surface area contributed by atoms with E-state index in [9.17, 15) is 0 Å². The number of fused-ring (bicyclic) bond motifs is 3. The molecule has 0 spiro atoms. The molecule has 0 saturated heterocycles. The van der Waals surface area contributed by atoms with E-state index in [1.165, 1.54) is 37.6 Å². The number of halogens is 1. The molecule has 2 aromatic rings. The number of nitrogens with two attached hydrogens (primary N) is 1. The molecule has 1 unspecified atom stereocenters. The molecule has 2 aliphatic rings. The second-order valence-corrected chi connectivity index (χ2v) is 9.55. The van der Waals surface area contributed by atoms with E-state index in [2.05, 4.69) is 56.8 Å². The van der Waals surface area contributed by atoms with Gasteiger partial charge in [0.05, 0.1) is 0 Å². The first-order chi connectivity index (χ1) is 13.4. The lowest BCUT2D eigenvalue weighted by molar-refractivity contribution is 0.500. The summed E-state index contributed by atoms with van der Waals surface area (Å²) >= 11 is 8.10. The summed E-state index contributed by atoms with van der Waals surface area (Å²) in [6.45, 7) is 9.44. The maximum atomic E-state index is 6.18. The zero-order valence-corrected chi connectivity index (χ0v) is 18.3. The zero-order chi connectivity index (χ0) is 20.0. The summed E-state index contributed by atoms with van der Waals surface area (Å²) in [6, 6.07) is 8.39. The van der Waals surface area contributed by atoms with E-state index in [1.54, 1.807) is 0 Å². The summed E-state index contributed by atoms with van der Waals surface area (Å²) < 4.78 is 0. The third kappa shape index (κ3) is 3.26. The predicted molar refractivity (Wildman–Crippen MR) is 122 cm³/mol. The Morgan fingerprint density at radius 2 is 1.96 bits per heavy atom. The quantitative estimate of drug-likeness (QED) is 0.648. The summed E-state index contributed by atoms with van der Waals surface area (Å²) in [5, 5.41) is 0.784. The van der Waals surface area contributed by atoms with E-state index in [1.807, 2.05) is 23.5 Å². The summed E-state index contributed by atoms with van der Waals surface area (Å²) in [5.41, 5.74) is 14.0. The normalized spacial score (nSPS) is 21.6. The molecule has 0 bridgehead atoms. The highest BCUT2D eigenvalue weighted by molar-refractivity contribution is 7.13. The smallest absolute Gasteiger partial charge is 0.0406 e. The van der Waals surface area contributed by atoms with Gasteiger partial charge in [0.25, 0.3) is 0 Å². The van der Waals surface area contributed by atoms with Gasteiger partial charge in [0, 0.05) is 45.2 Å². The Hall–Kier alpha value is -1.81. The van der Waals surface area contributed by atoms with Crippen LogP contribution in [-0.4, -0.2) is 18.5 Å². The molecule has 2 atom stereocenters. The first kappa shape index (κ1) is 19.5. The Kier molecular flexibility index (Phi) is 5.26. The van der Waals surface area contributed by atoms with Gasteiger partial charge in [-0.15, -0.1) is 11.3 Å². The maximum absolute atomic E-state index is 6.18. The van der Waals surface area contributed by atoms with Crippen LogP contribution in [0.4, 0.5) is 0 Å². The molecule has 0 radical (unpaired) electrons. The largest absolute Gasteiger partial charge is 0.351 e. The number of hydrogen-bond donors (Lipinski definition) is 1. The van der Waals surface area contributed by atoms with Gasteiger partial charge in [0.1, 0.15) is 0 Å². The van der Waals surface area contributed by atoms with Crippen molar-refractivity contribution in [1.29, 1.82) is 0 Å². The van der Waals surface area contributed by atoms with E-state index in [4.69, 9.17) is 17.3 Å². The fourth-order valence-corrected chi connectivity index (χ4v) is 5.88. The lowest BCUT2D eigenvalue weighted by atomic mass is 9.81. The van der Waals surface area contributed by atoms with Crippen molar-refractivity contribution in [3.05, 3.63) is 85.9 Å². The highest BCUT2D eigenvalue weighted by Crippen LogP contribution is 2.52. The first-order valence-corrected chi connectivity index (χ1v) is 11.0. The van der Waals surface area contributed by atoms with Crippen molar-refractivity contribution in [3.8, 4) is 0 Å². The number of likely N-dealkylation sites (N-methyl/N-ethyl adjacent to an activating group) is 1. The Morgan fingerprint density at radius 3 is 2.64 bits per heavy atom. The highest BCUT2D eigenvalue weighted by atomic mass is 35.5. The molecule has 2 nitrogen and oxygen atoms in total. The van der Waals surface area contributed by atoms with Crippen LogP contribution in [0.25, 0.3) is 5.57 Å². The molecule has 146 valence electrons. The molecule has 4 heteroatoms. The van der Waals surface area contributed by atoms with Crippen molar-refractivity contribution in [2.24, 2.45) is 11.7 Å². The molecule has 1 aliphatic heterocycles. The molecule has 1 aromatic carbocycles. The van der Waals surface area contributed by atoms with E-state index in [0.717, 1.165) is 23.6 Å². The minimum atomic E-state index is 0.347. The molecular formula is C24H27ClN2S. The van der Waals surface area contributed by atoms with E-state index >= 15 is 0 Å². The van der Waals surface area contributed by atoms with Crippen molar-refractivity contribution < 1.29 is 0 Å².